The first-order valence-corrected chi connectivity index (χ1v) is 6.82. The summed E-state index contributed by atoms with van der Waals surface area (Å²) in [4.78, 5) is 15.3. The van der Waals surface area contributed by atoms with Gasteiger partial charge in [-0.1, -0.05) is 18.2 Å². The van der Waals surface area contributed by atoms with Crippen molar-refractivity contribution in [2.75, 3.05) is 6.54 Å². The van der Waals surface area contributed by atoms with Crippen molar-refractivity contribution in [1.29, 1.82) is 0 Å². The van der Waals surface area contributed by atoms with Crippen LogP contribution in [0.3, 0.4) is 0 Å². The molecule has 0 radical (unpaired) electrons. The second-order valence-corrected chi connectivity index (χ2v) is 5.28. The molecular weight excluding hydrogens is 238 g/mol. The fourth-order valence-electron chi connectivity index (χ4n) is 2.58. The molecule has 1 aliphatic carbocycles. The van der Waals surface area contributed by atoms with Crippen molar-refractivity contribution in [3.8, 4) is 0 Å². The van der Waals surface area contributed by atoms with E-state index in [2.05, 4.69) is 10.3 Å². The van der Waals surface area contributed by atoms with Crippen molar-refractivity contribution in [1.82, 2.24) is 10.3 Å². The zero-order valence-electron chi connectivity index (χ0n) is 10.9. The molecule has 1 unspecified atom stereocenters. The lowest BCUT2D eigenvalue weighted by Crippen LogP contribution is -2.42. The number of rotatable bonds is 5. The quantitative estimate of drug-likeness (QED) is 0.760. The maximum atomic E-state index is 12.1. The number of aromatic nitrogens is 1. The fraction of sp³-hybridized carbons (Fsp3) is 0.400. The predicted octanol–water partition coefficient (Wildman–Crippen LogP) is 1.56. The van der Waals surface area contributed by atoms with Crippen LogP contribution in [-0.4, -0.2) is 23.5 Å². The average molecular weight is 257 g/mol. The number of carbonyl (C=O) groups excluding carboxylic acids is 1. The molecule has 1 amide bonds. The summed E-state index contributed by atoms with van der Waals surface area (Å²) in [5.41, 5.74) is 7.82. The largest absolute Gasteiger partial charge is 0.361 e. The second kappa shape index (κ2) is 5.05. The van der Waals surface area contributed by atoms with E-state index >= 15 is 0 Å². The maximum Gasteiger partial charge on any atom is 0.224 e. The van der Waals surface area contributed by atoms with Gasteiger partial charge in [-0.3, -0.25) is 4.79 Å². The highest BCUT2D eigenvalue weighted by atomic mass is 16.1. The molecule has 1 aliphatic rings. The Morgan fingerprint density at radius 2 is 2.21 bits per heavy atom. The minimum Gasteiger partial charge on any atom is -0.361 e. The fourth-order valence-corrected chi connectivity index (χ4v) is 2.58. The van der Waals surface area contributed by atoms with Crippen LogP contribution >= 0.6 is 0 Å². The van der Waals surface area contributed by atoms with Gasteiger partial charge in [0.25, 0.3) is 0 Å². The van der Waals surface area contributed by atoms with Gasteiger partial charge in [0.05, 0.1) is 6.42 Å². The van der Waals surface area contributed by atoms with Crippen LogP contribution in [0.15, 0.2) is 30.5 Å². The van der Waals surface area contributed by atoms with Crippen molar-refractivity contribution >= 4 is 16.8 Å². The molecule has 0 bridgehead atoms. The Hall–Kier alpha value is -1.81. The number of aromatic amines is 1. The summed E-state index contributed by atoms with van der Waals surface area (Å²) in [6.45, 7) is 0.532. The summed E-state index contributed by atoms with van der Waals surface area (Å²) in [5.74, 6) is 0.657. The lowest BCUT2D eigenvalue weighted by atomic mass is 10.1. The number of fused-ring (bicyclic) bond motifs is 1. The van der Waals surface area contributed by atoms with E-state index in [1.54, 1.807) is 0 Å². The topological polar surface area (TPSA) is 70.9 Å². The highest BCUT2D eigenvalue weighted by molar-refractivity contribution is 5.88. The van der Waals surface area contributed by atoms with Gasteiger partial charge in [0.1, 0.15) is 0 Å². The summed E-state index contributed by atoms with van der Waals surface area (Å²) >= 11 is 0. The summed E-state index contributed by atoms with van der Waals surface area (Å²) in [6, 6.07) is 8.18. The highest BCUT2D eigenvalue weighted by Crippen LogP contribution is 2.32. The third-order valence-electron chi connectivity index (χ3n) is 3.82. The zero-order chi connectivity index (χ0) is 13.2. The van der Waals surface area contributed by atoms with E-state index in [9.17, 15) is 4.79 Å². The molecule has 1 atom stereocenters. The minimum atomic E-state index is 0.0621. The Bertz CT molecular complexity index is 586. The Morgan fingerprint density at radius 3 is 2.95 bits per heavy atom. The Balaban J connectivity index is 1.68. The van der Waals surface area contributed by atoms with Gasteiger partial charge in [-0.05, 0) is 30.4 Å². The standard InChI is InChI=1S/C15H19N3O/c16-8-14(10-5-6-10)18-15(19)7-11-9-17-13-4-2-1-3-12(11)13/h1-4,9-10,14,17H,5-8,16H2,(H,18,19). The molecule has 0 aliphatic heterocycles. The van der Waals surface area contributed by atoms with Crippen LogP contribution < -0.4 is 11.1 Å². The molecule has 1 aromatic heterocycles. The molecule has 4 N–H and O–H groups in total. The molecular formula is C15H19N3O. The monoisotopic (exact) mass is 257 g/mol. The van der Waals surface area contributed by atoms with E-state index in [1.165, 1.54) is 12.8 Å². The lowest BCUT2D eigenvalue weighted by Gasteiger charge is -2.15. The predicted molar refractivity (Wildman–Crippen MR) is 75.7 cm³/mol. The van der Waals surface area contributed by atoms with Crippen LogP contribution in [0.4, 0.5) is 0 Å². The van der Waals surface area contributed by atoms with Gasteiger partial charge in [0.2, 0.25) is 5.91 Å². The van der Waals surface area contributed by atoms with Gasteiger partial charge < -0.3 is 16.0 Å². The van der Waals surface area contributed by atoms with E-state index < -0.39 is 0 Å². The van der Waals surface area contributed by atoms with E-state index in [4.69, 9.17) is 5.73 Å². The van der Waals surface area contributed by atoms with Gasteiger partial charge in [0.15, 0.2) is 0 Å². The number of para-hydroxylation sites is 1. The molecule has 1 aromatic carbocycles. The molecule has 1 fully saturated rings. The van der Waals surface area contributed by atoms with E-state index in [0.717, 1.165) is 16.5 Å². The van der Waals surface area contributed by atoms with Crippen molar-refractivity contribution < 1.29 is 4.79 Å². The lowest BCUT2D eigenvalue weighted by molar-refractivity contribution is -0.121. The van der Waals surface area contributed by atoms with Gasteiger partial charge >= 0.3 is 0 Å². The van der Waals surface area contributed by atoms with Crippen LogP contribution in [0.1, 0.15) is 18.4 Å². The van der Waals surface area contributed by atoms with Gasteiger partial charge in [-0.2, -0.15) is 0 Å². The van der Waals surface area contributed by atoms with Crippen LogP contribution in [0, 0.1) is 5.92 Å². The van der Waals surface area contributed by atoms with Crippen LogP contribution in [-0.2, 0) is 11.2 Å². The third-order valence-corrected chi connectivity index (χ3v) is 3.82. The Morgan fingerprint density at radius 1 is 1.42 bits per heavy atom. The summed E-state index contributed by atoms with van der Waals surface area (Å²) in [6.07, 6.45) is 4.70. The van der Waals surface area contributed by atoms with Crippen molar-refractivity contribution in [3.05, 3.63) is 36.0 Å². The number of benzene rings is 1. The molecule has 2 aromatic rings. The average Bonchev–Trinajstić information content (AvgIpc) is 3.19. The normalized spacial score (nSPS) is 16.5. The first-order chi connectivity index (χ1) is 9.28. The maximum absolute atomic E-state index is 12.1. The molecule has 0 saturated heterocycles. The first-order valence-electron chi connectivity index (χ1n) is 6.82. The zero-order valence-corrected chi connectivity index (χ0v) is 10.9. The number of hydrogen-bond acceptors (Lipinski definition) is 2. The molecule has 3 rings (SSSR count). The molecule has 19 heavy (non-hydrogen) atoms. The molecule has 4 nitrogen and oxygen atoms in total. The summed E-state index contributed by atoms with van der Waals surface area (Å²) in [5, 5.41) is 4.17. The van der Waals surface area contributed by atoms with E-state index in [-0.39, 0.29) is 11.9 Å². The number of nitrogens with one attached hydrogen (secondary N) is 2. The van der Waals surface area contributed by atoms with Crippen LogP contribution in [0.2, 0.25) is 0 Å². The third kappa shape index (κ3) is 2.63. The molecule has 100 valence electrons. The van der Waals surface area contributed by atoms with E-state index in [1.807, 2.05) is 30.5 Å². The number of carbonyl (C=O) groups is 1. The number of nitrogens with two attached hydrogens (primary N) is 1. The van der Waals surface area contributed by atoms with Gasteiger partial charge in [0, 0.05) is 29.7 Å². The first kappa shape index (κ1) is 12.2. The SMILES string of the molecule is NCC(NC(=O)Cc1c[nH]c2ccccc12)C1CC1. The Kier molecular flexibility index (Phi) is 3.25. The van der Waals surface area contributed by atoms with Crippen LogP contribution in [0.25, 0.3) is 10.9 Å². The van der Waals surface area contributed by atoms with Crippen molar-refractivity contribution in [2.24, 2.45) is 11.7 Å². The summed E-state index contributed by atoms with van der Waals surface area (Å²) < 4.78 is 0. The number of amides is 1. The molecule has 1 heterocycles. The minimum absolute atomic E-state index is 0.0621. The van der Waals surface area contributed by atoms with Crippen molar-refractivity contribution in [2.45, 2.75) is 25.3 Å². The highest BCUT2D eigenvalue weighted by Gasteiger charge is 2.31. The van der Waals surface area contributed by atoms with E-state index in [0.29, 0.717) is 18.9 Å². The van der Waals surface area contributed by atoms with Gasteiger partial charge in [-0.15, -0.1) is 0 Å². The summed E-state index contributed by atoms with van der Waals surface area (Å²) in [7, 11) is 0. The van der Waals surface area contributed by atoms with Gasteiger partial charge in [-0.25, -0.2) is 0 Å². The Labute approximate surface area is 112 Å². The smallest absolute Gasteiger partial charge is 0.224 e. The molecule has 4 heteroatoms. The number of hydrogen-bond donors (Lipinski definition) is 3. The van der Waals surface area contributed by atoms with Crippen molar-refractivity contribution in [3.63, 3.8) is 0 Å². The molecule has 1 saturated carbocycles. The number of H-pyrrole nitrogens is 1. The second-order valence-electron chi connectivity index (χ2n) is 5.28. The molecule has 0 spiro atoms. The van der Waals surface area contributed by atoms with Crippen LogP contribution in [0.5, 0.6) is 0 Å².